The molecule has 2 heterocycles. The van der Waals surface area contributed by atoms with Crippen molar-refractivity contribution < 1.29 is 9.53 Å². The zero-order valence-electron chi connectivity index (χ0n) is 15.2. The molecule has 0 radical (unpaired) electrons. The minimum absolute atomic E-state index is 0.0110. The lowest BCUT2D eigenvalue weighted by atomic mass is 10.0. The molecule has 2 aromatic rings. The standard InChI is InChI=1S/C21H26N2O2/c1-14(2)9-10-19(24)23-13-17-12-16-7-4-8-18(21(16)25-17)20-15(3)6-5-11-22-20/h4-8,11,14,17H,9-10,12-13H2,1-3H3,(H,23,24)/t17-/m0/s1. The Labute approximate surface area is 149 Å². The number of hydrogen-bond acceptors (Lipinski definition) is 3. The highest BCUT2D eigenvalue weighted by molar-refractivity contribution is 5.76. The normalized spacial score (nSPS) is 15.8. The van der Waals surface area contributed by atoms with Gasteiger partial charge < -0.3 is 10.1 Å². The van der Waals surface area contributed by atoms with E-state index in [1.165, 1.54) is 5.56 Å². The van der Waals surface area contributed by atoms with Gasteiger partial charge in [-0.1, -0.05) is 32.0 Å². The molecule has 1 aliphatic heterocycles. The largest absolute Gasteiger partial charge is 0.487 e. The van der Waals surface area contributed by atoms with E-state index < -0.39 is 0 Å². The third-order valence-electron chi connectivity index (χ3n) is 4.57. The average Bonchev–Trinajstić information content (AvgIpc) is 3.02. The highest BCUT2D eigenvalue weighted by atomic mass is 16.5. The Kier molecular flexibility index (Phi) is 5.37. The van der Waals surface area contributed by atoms with Crippen LogP contribution in [0, 0.1) is 12.8 Å². The molecule has 132 valence electrons. The number of benzene rings is 1. The van der Waals surface area contributed by atoms with Crippen LogP contribution in [0.15, 0.2) is 36.5 Å². The maximum Gasteiger partial charge on any atom is 0.220 e. The second-order valence-electron chi connectivity index (χ2n) is 7.14. The molecule has 4 heteroatoms. The van der Waals surface area contributed by atoms with Crippen LogP contribution in [0.4, 0.5) is 0 Å². The number of fused-ring (bicyclic) bond motifs is 1. The van der Waals surface area contributed by atoms with E-state index in [1.54, 1.807) is 0 Å². The molecule has 0 unspecified atom stereocenters. The molecular formula is C21H26N2O2. The molecule has 0 fully saturated rings. The quantitative estimate of drug-likeness (QED) is 0.869. The maximum atomic E-state index is 11.9. The zero-order chi connectivity index (χ0) is 17.8. The molecule has 0 saturated carbocycles. The van der Waals surface area contributed by atoms with Gasteiger partial charge in [0.05, 0.1) is 12.2 Å². The van der Waals surface area contributed by atoms with Crippen molar-refractivity contribution in [3.8, 4) is 17.0 Å². The summed E-state index contributed by atoms with van der Waals surface area (Å²) in [7, 11) is 0. The van der Waals surface area contributed by atoms with Crippen LogP contribution in [0.2, 0.25) is 0 Å². The van der Waals surface area contributed by atoms with Gasteiger partial charge in [0.2, 0.25) is 5.91 Å². The first-order chi connectivity index (χ1) is 12.0. The number of para-hydroxylation sites is 1. The van der Waals surface area contributed by atoms with Gasteiger partial charge in [-0.25, -0.2) is 0 Å². The predicted molar refractivity (Wildman–Crippen MR) is 99.6 cm³/mol. The summed E-state index contributed by atoms with van der Waals surface area (Å²) in [5.74, 6) is 1.56. The number of amides is 1. The van der Waals surface area contributed by atoms with Gasteiger partial charge in [0.25, 0.3) is 0 Å². The van der Waals surface area contributed by atoms with Crippen LogP contribution in [-0.4, -0.2) is 23.5 Å². The molecule has 4 nitrogen and oxygen atoms in total. The van der Waals surface area contributed by atoms with Crippen molar-refractivity contribution in [3.63, 3.8) is 0 Å². The fourth-order valence-corrected chi connectivity index (χ4v) is 3.14. The molecule has 3 rings (SSSR count). The van der Waals surface area contributed by atoms with Crippen LogP contribution in [0.3, 0.4) is 0 Å². The average molecular weight is 338 g/mol. The lowest BCUT2D eigenvalue weighted by molar-refractivity contribution is -0.121. The molecule has 1 amide bonds. The van der Waals surface area contributed by atoms with Crippen molar-refractivity contribution in [2.45, 2.75) is 46.1 Å². The van der Waals surface area contributed by atoms with Gasteiger partial charge >= 0.3 is 0 Å². The summed E-state index contributed by atoms with van der Waals surface area (Å²) in [4.78, 5) is 16.4. The van der Waals surface area contributed by atoms with Crippen LogP contribution in [0.25, 0.3) is 11.3 Å². The molecule has 1 atom stereocenters. The van der Waals surface area contributed by atoms with Crippen molar-refractivity contribution >= 4 is 5.91 Å². The monoisotopic (exact) mass is 338 g/mol. The minimum atomic E-state index is -0.0110. The van der Waals surface area contributed by atoms with Crippen molar-refractivity contribution in [3.05, 3.63) is 47.7 Å². The number of hydrogen-bond donors (Lipinski definition) is 1. The Morgan fingerprint density at radius 2 is 2.16 bits per heavy atom. The Morgan fingerprint density at radius 3 is 2.92 bits per heavy atom. The maximum absolute atomic E-state index is 11.9. The van der Waals surface area contributed by atoms with Crippen molar-refractivity contribution in [2.75, 3.05) is 6.54 Å². The molecule has 1 aromatic heterocycles. The van der Waals surface area contributed by atoms with Gasteiger partial charge in [0, 0.05) is 24.6 Å². The number of nitrogens with zero attached hydrogens (tertiary/aromatic N) is 1. The van der Waals surface area contributed by atoms with E-state index in [4.69, 9.17) is 4.74 Å². The van der Waals surface area contributed by atoms with Crippen LogP contribution < -0.4 is 10.1 Å². The summed E-state index contributed by atoms with van der Waals surface area (Å²) < 4.78 is 6.17. The lowest BCUT2D eigenvalue weighted by Gasteiger charge is -2.14. The van der Waals surface area contributed by atoms with E-state index in [0.717, 1.165) is 35.4 Å². The van der Waals surface area contributed by atoms with Gasteiger partial charge in [0.15, 0.2) is 0 Å². The Balaban J connectivity index is 1.66. The Morgan fingerprint density at radius 1 is 1.32 bits per heavy atom. The second kappa shape index (κ2) is 7.68. The first-order valence-corrected chi connectivity index (χ1v) is 9.02. The van der Waals surface area contributed by atoms with Gasteiger partial charge in [0.1, 0.15) is 11.9 Å². The van der Waals surface area contributed by atoms with Crippen LogP contribution in [0.5, 0.6) is 5.75 Å². The number of nitrogens with one attached hydrogen (secondary N) is 1. The van der Waals surface area contributed by atoms with E-state index in [-0.39, 0.29) is 12.0 Å². The van der Waals surface area contributed by atoms with Gasteiger partial charge in [-0.15, -0.1) is 0 Å². The third kappa shape index (κ3) is 4.19. The van der Waals surface area contributed by atoms with Crippen LogP contribution in [0.1, 0.15) is 37.8 Å². The molecule has 1 aliphatic rings. The number of pyridine rings is 1. The number of aryl methyl sites for hydroxylation is 1. The topological polar surface area (TPSA) is 51.2 Å². The predicted octanol–water partition coefficient (Wildman–Crippen LogP) is 3.91. The van der Waals surface area contributed by atoms with E-state index in [9.17, 15) is 4.79 Å². The van der Waals surface area contributed by atoms with E-state index >= 15 is 0 Å². The summed E-state index contributed by atoms with van der Waals surface area (Å²) in [6.45, 7) is 6.87. The van der Waals surface area contributed by atoms with E-state index in [0.29, 0.717) is 18.9 Å². The SMILES string of the molecule is Cc1cccnc1-c1cccc2c1O[C@H](CNC(=O)CCC(C)C)C2. The van der Waals surface area contributed by atoms with Crippen molar-refractivity contribution in [2.24, 2.45) is 5.92 Å². The lowest BCUT2D eigenvalue weighted by Crippen LogP contribution is -2.34. The summed E-state index contributed by atoms with van der Waals surface area (Å²) in [6, 6.07) is 10.2. The fourth-order valence-electron chi connectivity index (χ4n) is 3.14. The molecule has 1 aromatic carbocycles. The van der Waals surface area contributed by atoms with Gasteiger partial charge in [-0.2, -0.15) is 0 Å². The van der Waals surface area contributed by atoms with Gasteiger partial charge in [-0.05, 0) is 42.5 Å². The molecule has 1 N–H and O–H groups in total. The van der Waals surface area contributed by atoms with Gasteiger partial charge in [-0.3, -0.25) is 9.78 Å². The number of carbonyl (C=O) groups is 1. The van der Waals surface area contributed by atoms with E-state index in [2.05, 4.69) is 55.3 Å². The highest BCUT2D eigenvalue weighted by Gasteiger charge is 2.26. The number of ether oxygens (including phenoxy) is 1. The Bertz CT molecular complexity index is 755. The molecular weight excluding hydrogens is 312 g/mol. The summed E-state index contributed by atoms with van der Waals surface area (Å²) in [6.07, 6.45) is 4.11. The molecule has 0 bridgehead atoms. The highest BCUT2D eigenvalue weighted by Crippen LogP contribution is 2.38. The molecule has 0 spiro atoms. The molecule has 0 aliphatic carbocycles. The number of rotatable bonds is 6. The second-order valence-corrected chi connectivity index (χ2v) is 7.14. The smallest absolute Gasteiger partial charge is 0.220 e. The first kappa shape index (κ1) is 17.5. The summed E-state index contributed by atoms with van der Waals surface area (Å²) in [5, 5.41) is 3.01. The molecule has 0 saturated heterocycles. The summed E-state index contributed by atoms with van der Waals surface area (Å²) >= 11 is 0. The fraction of sp³-hybridized carbons (Fsp3) is 0.429. The summed E-state index contributed by atoms with van der Waals surface area (Å²) in [5.41, 5.74) is 4.30. The first-order valence-electron chi connectivity index (χ1n) is 9.02. The third-order valence-corrected chi connectivity index (χ3v) is 4.57. The number of carbonyl (C=O) groups excluding carboxylic acids is 1. The number of aromatic nitrogens is 1. The van der Waals surface area contributed by atoms with Crippen molar-refractivity contribution in [1.29, 1.82) is 0 Å². The van der Waals surface area contributed by atoms with Crippen LogP contribution in [-0.2, 0) is 11.2 Å². The molecule has 25 heavy (non-hydrogen) atoms. The zero-order valence-corrected chi connectivity index (χ0v) is 15.2. The van der Waals surface area contributed by atoms with Crippen molar-refractivity contribution in [1.82, 2.24) is 10.3 Å². The Hall–Kier alpha value is -2.36. The van der Waals surface area contributed by atoms with E-state index in [1.807, 2.05) is 12.3 Å². The van der Waals surface area contributed by atoms with Crippen LogP contribution >= 0.6 is 0 Å². The minimum Gasteiger partial charge on any atom is -0.487 e.